The second-order valence-corrected chi connectivity index (χ2v) is 7.66. The summed E-state index contributed by atoms with van der Waals surface area (Å²) in [5, 5.41) is 10.8. The monoisotopic (exact) mass is 457 g/mol. The van der Waals surface area contributed by atoms with Gasteiger partial charge < -0.3 is 14.2 Å². The third-order valence-electron chi connectivity index (χ3n) is 5.63. The third kappa shape index (κ3) is 4.99. The standard InChI is InChI=1S/C27H23NO6/c1-32-22-10-5-19(6-11-22)27-18(3-4-20-17-24(33-2)14-15-25(20)27)7-16-26(29)34-23-12-8-21(9-13-23)28(30)31/h5-17H,3-4H2,1-2H3/b16-7+. The molecule has 172 valence electrons. The van der Waals surface area contributed by atoms with Crippen molar-refractivity contribution in [3.63, 3.8) is 0 Å². The van der Waals surface area contributed by atoms with E-state index >= 15 is 0 Å². The van der Waals surface area contributed by atoms with E-state index in [2.05, 4.69) is 0 Å². The van der Waals surface area contributed by atoms with Gasteiger partial charge in [0.1, 0.15) is 17.2 Å². The number of esters is 1. The summed E-state index contributed by atoms with van der Waals surface area (Å²) in [4.78, 5) is 22.7. The van der Waals surface area contributed by atoms with Crippen LogP contribution in [0, 0.1) is 10.1 Å². The summed E-state index contributed by atoms with van der Waals surface area (Å²) >= 11 is 0. The van der Waals surface area contributed by atoms with Crippen LogP contribution in [-0.2, 0) is 11.2 Å². The van der Waals surface area contributed by atoms with Gasteiger partial charge in [-0.15, -0.1) is 0 Å². The summed E-state index contributed by atoms with van der Waals surface area (Å²) in [5.41, 5.74) is 5.24. The molecule has 1 aliphatic rings. The third-order valence-corrected chi connectivity index (χ3v) is 5.63. The number of hydrogen-bond donors (Lipinski definition) is 0. The van der Waals surface area contributed by atoms with Crippen molar-refractivity contribution in [3.8, 4) is 17.2 Å². The van der Waals surface area contributed by atoms with Crippen LogP contribution in [0.15, 0.2) is 84.5 Å². The van der Waals surface area contributed by atoms with Crippen LogP contribution in [0.2, 0.25) is 0 Å². The lowest BCUT2D eigenvalue weighted by Crippen LogP contribution is -2.08. The molecular formula is C27H23NO6. The highest BCUT2D eigenvalue weighted by Crippen LogP contribution is 2.38. The zero-order chi connectivity index (χ0) is 24.1. The van der Waals surface area contributed by atoms with Crippen molar-refractivity contribution < 1.29 is 23.9 Å². The molecule has 0 saturated heterocycles. The predicted octanol–water partition coefficient (Wildman–Crippen LogP) is 5.52. The minimum atomic E-state index is -0.559. The normalized spacial score (nSPS) is 12.9. The first-order chi connectivity index (χ1) is 16.5. The first kappa shape index (κ1) is 22.8. The summed E-state index contributed by atoms with van der Waals surface area (Å²) in [6.45, 7) is 0. The average molecular weight is 457 g/mol. The fourth-order valence-electron chi connectivity index (χ4n) is 3.94. The van der Waals surface area contributed by atoms with Crippen LogP contribution in [0.4, 0.5) is 5.69 Å². The molecule has 0 aliphatic heterocycles. The molecule has 0 saturated carbocycles. The fraction of sp³-hybridized carbons (Fsp3) is 0.148. The molecule has 0 amide bonds. The number of allylic oxidation sites excluding steroid dienone is 2. The maximum Gasteiger partial charge on any atom is 0.336 e. The molecule has 0 atom stereocenters. The average Bonchev–Trinajstić information content (AvgIpc) is 2.87. The number of hydrogen-bond acceptors (Lipinski definition) is 6. The highest BCUT2D eigenvalue weighted by molar-refractivity contribution is 5.89. The largest absolute Gasteiger partial charge is 0.497 e. The Morgan fingerprint density at radius 3 is 2.18 bits per heavy atom. The minimum absolute atomic E-state index is 0.0675. The van der Waals surface area contributed by atoms with E-state index in [9.17, 15) is 14.9 Å². The van der Waals surface area contributed by atoms with E-state index in [1.807, 2.05) is 42.5 Å². The van der Waals surface area contributed by atoms with Crippen molar-refractivity contribution in [2.75, 3.05) is 14.2 Å². The smallest absolute Gasteiger partial charge is 0.336 e. The molecule has 0 radical (unpaired) electrons. The quantitative estimate of drug-likeness (QED) is 0.153. The van der Waals surface area contributed by atoms with Crippen molar-refractivity contribution in [1.82, 2.24) is 0 Å². The zero-order valence-electron chi connectivity index (χ0n) is 18.8. The number of aryl methyl sites for hydroxylation is 1. The molecule has 7 nitrogen and oxygen atoms in total. The van der Waals surface area contributed by atoms with E-state index in [4.69, 9.17) is 14.2 Å². The fourth-order valence-corrected chi connectivity index (χ4v) is 3.94. The van der Waals surface area contributed by atoms with Gasteiger partial charge in [-0.2, -0.15) is 0 Å². The number of carbonyl (C=O) groups is 1. The van der Waals surface area contributed by atoms with Crippen molar-refractivity contribution in [3.05, 3.63) is 111 Å². The van der Waals surface area contributed by atoms with Crippen molar-refractivity contribution >= 4 is 17.2 Å². The van der Waals surface area contributed by atoms with E-state index in [-0.39, 0.29) is 11.4 Å². The van der Waals surface area contributed by atoms with E-state index in [0.29, 0.717) is 0 Å². The number of methoxy groups -OCH3 is 2. The predicted molar refractivity (Wildman–Crippen MR) is 128 cm³/mol. The molecular weight excluding hydrogens is 434 g/mol. The van der Waals surface area contributed by atoms with E-state index in [1.54, 1.807) is 20.3 Å². The van der Waals surface area contributed by atoms with E-state index < -0.39 is 10.9 Å². The summed E-state index contributed by atoms with van der Waals surface area (Å²) in [5.74, 6) is 1.25. The molecule has 3 aromatic rings. The van der Waals surface area contributed by atoms with Crippen LogP contribution in [0.1, 0.15) is 23.1 Å². The summed E-state index contributed by atoms with van der Waals surface area (Å²) in [6.07, 6.45) is 4.71. The van der Waals surface area contributed by atoms with Crippen LogP contribution in [-0.4, -0.2) is 25.1 Å². The Bertz CT molecular complexity index is 1270. The Morgan fingerprint density at radius 2 is 1.53 bits per heavy atom. The van der Waals surface area contributed by atoms with Gasteiger partial charge in [-0.1, -0.05) is 24.3 Å². The minimum Gasteiger partial charge on any atom is -0.497 e. The Balaban J connectivity index is 1.65. The molecule has 0 unspecified atom stereocenters. The summed E-state index contributed by atoms with van der Waals surface area (Å²) < 4.78 is 16.0. The summed E-state index contributed by atoms with van der Waals surface area (Å²) in [6, 6.07) is 19.2. The topological polar surface area (TPSA) is 87.9 Å². The molecule has 0 fully saturated rings. The molecule has 4 rings (SSSR count). The van der Waals surface area contributed by atoms with Gasteiger partial charge in [0.25, 0.3) is 5.69 Å². The van der Waals surface area contributed by atoms with Gasteiger partial charge in [0.2, 0.25) is 0 Å². The SMILES string of the molecule is COc1ccc(C2=C(/C=C/C(=O)Oc3ccc([N+](=O)[O-])cc3)CCc3cc(OC)ccc32)cc1. The molecule has 34 heavy (non-hydrogen) atoms. The van der Waals surface area contributed by atoms with Crippen LogP contribution < -0.4 is 14.2 Å². The van der Waals surface area contributed by atoms with Crippen LogP contribution in [0.5, 0.6) is 17.2 Å². The maximum atomic E-state index is 12.4. The molecule has 1 aliphatic carbocycles. The molecule has 0 N–H and O–H groups in total. The number of rotatable bonds is 7. The number of nitro groups is 1. The van der Waals surface area contributed by atoms with Crippen molar-refractivity contribution in [2.24, 2.45) is 0 Å². The lowest BCUT2D eigenvalue weighted by molar-refractivity contribution is -0.384. The lowest BCUT2D eigenvalue weighted by Gasteiger charge is -2.23. The molecule has 7 heteroatoms. The highest BCUT2D eigenvalue weighted by atomic mass is 16.6. The maximum absolute atomic E-state index is 12.4. The van der Waals surface area contributed by atoms with Crippen molar-refractivity contribution in [2.45, 2.75) is 12.8 Å². The first-order valence-electron chi connectivity index (χ1n) is 10.7. The number of non-ortho nitro benzene ring substituents is 1. The number of nitro benzene ring substituents is 1. The van der Waals surface area contributed by atoms with Gasteiger partial charge in [-0.3, -0.25) is 10.1 Å². The van der Waals surface area contributed by atoms with Crippen LogP contribution in [0.25, 0.3) is 5.57 Å². The number of benzene rings is 3. The van der Waals surface area contributed by atoms with Gasteiger partial charge in [-0.05, 0) is 77.1 Å². The molecule has 3 aromatic carbocycles. The number of ether oxygens (including phenoxy) is 3. The van der Waals surface area contributed by atoms with Gasteiger partial charge in [-0.25, -0.2) is 4.79 Å². The lowest BCUT2D eigenvalue weighted by atomic mass is 9.82. The van der Waals surface area contributed by atoms with Crippen LogP contribution in [0.3, 0.4) is 0 Å². The first-order valence-corrected chi connectivity index (χ1v) is 10.7. The van der Waals surface area contributed by atoms with Gasteiger partial charge in [0.15, 0.2) is 0 Å². The second-order valence-electron chi connectivity index (χ2n) is 7.66. The van der Waals surface area contributed by atoms with Gasteiger partial charge in [0, 0.05) is 18.2 Å². The van der Waals surface area contributed by atoms with E-state index in [1.165, 1.54) is 35.9 Å². The molecule has 0 aromatic heterocycles. The van der Waals surface area contributed by atoms with Crippen molar-refractivity contribution in [1.29, 1.82) is 0 Å². The zero-order valence-corrected chi connectivity index (χ0v) is 18.8. The van der Waals surface area contributed by atoms with Gasteiger partial charge >= 0.3 is 5.97 Å². The number of carbonyl (C=O) groups excluding carboxylic acids is 1. The summed E-state index contributed by atoms with van der Waals surface area (Å²) in [7, 11) is 3.27. The molecule has 0 bridgehead atoms. The van der Waals surface area contributed by atoms with E-state index in [0.717, 1.165) is 46.6 Å². The van der Waals surface area contributed by atoms with Gasteiger partial charge in [0.05, 0.1) is 19.1 Å². The second kappa shape index (κ2) is 10.0. The Morgan fingerprint density at radius 1 is 0.882 bits per heavy atom. The Labute approximate surface area is 197 Å². The molecule has 0 heterocycles. The van der Waals surface area contributed by atoms with Crippen LogP contribution >= 0.6 is 0 Å². The highest BCUT2D eigenvalue weighted by Gasteiger charge is 2.20. The number of fused-ring (bicyclic) bond motifs is 1. The molecule has 0 spiro atoms. The Kier molecular flexibility index (Phi) is 6.73. The Hall–Kier alpha value is -4.39. The number of nitrogens with zero attached hydrogens (tertiary/aromatic N) is 1.